The highest BCUT2D eigenvalue weighted by Gasteiger charge is 2.39. The van der Waals surface area contributed by atoms with Crippen molar-refractivity contribution in [2.75, 3.05) is 0 Å². The minimum Gasteiger partial charge on any atom is -0.480 e. The quantitative estimate of drug-likeness (QED) is 0.517. The van der Waals surface area contributed by atoms with E-state index < -0.39 is 24.0 Å². The molecular weight excluding hydrogens is 466 g/mol. The number of amides is 1. The van der Waals surface area contributed by atoms with E-state index in [-0.39, 0.29) is 40.8 Å². The first kappa shape index (κ1) is 22.5. The Morgan fingerprint density at radius 1 is 1.30 bits per heavy atom. The summed E-state index contributed by atoms with van der Waals surface area (Å²) in [6, 6.07) is 6.76. The van der Waals surface area contributed by atoms with Gasteiger partial charge >= 0.3 is 6.18 Å². The number of rotatable bonds is 4. The molecule has 2 aromatic heterocycles. The van der Waals surface area contributed by atoms with Gasteiger partial charge in [0.25, 0.3) is 5.91 Å². The lowest BCUT2D eigenvalue weighted by atomic mass is 10.1. The van der Waals surface area contributed by atoms with Gasteiger partial charge in [0, 0.05) is 24.5 Å². The summed E-state index contributed by atoms with van der Waals surface area (Å²) in [4.78, 5) is 18.5. The number of ether oxygens (including phenoxy) is 1. The number of aromatic nitrogens is 3. The molecule has 0 fully saturated rings. The molecule has 12 heteroatoms. The Morgan fingerprint density at radius 2 is 2.06 bits per heavy atom. The van der Waals surface area contributed by atoms with Crippen LogP contribution < -0.4 is 4.74 Å². The molecule has 1 amide bonds. The van der Waals surface area contributed by atoms with Crippen molar-refractivity contribution in [3.05, 3.63) is 69.9 Å². The van der Waals surface area contributed by atoms with Gasteiger partial charge in [0.1, 0.15) is 17.4 Å². The van der Waals surface area contributed by atoms with Crippen LogP contribution in [0, 0.1) is 17.1 Å². The van der Waals surface area contributed by atoms with Crippen molar-refractivity contribution in [3.8, 4) is 17.6 Å². The van der Waals surface area contributed by atoms with Gasteiger partial charge in [-0.2, -0.15) is 23.5 Å². The zero-order valence-corrected chi connectivity index (χ0v) is 17.7. The fraction of sp³-hybridized carbons (Fsp3) is 0.238. The van der Waals surface area contributed by atoms with Gasteiger partial charge in [0.2, 0.25) is 0 Å². The number of fused-ring (bicyclic) bond motifs is 1. The molecule has 3 aromatic rings. The number of carbonyl (C=O) groups excluding carboxylic acids is 1. The number of benzene rings is 1. The van der Waals surface area contributed by atoms with Crippen molar-refractivity contribution >= 4 is 17.5 Å². The Kier molecular flexibility index (Phi) is 5.71. The van der Waals surface area contributed by atoms with Crippen molar-refractivity contribution in [2.45, 2.75) is 32.3 Å². The molecule has 0 aliphatic carbocycles. The van der Waals surface area contributed by atoms with E-state index >= 15 is 0 Å². The highest BCUT2D eigenvalue weighted by molar-refractivity contribution is 6.35. The van der Waals surface area contributed by atoms with Crippen LogP contribution in [0.4, 0.5) is 17.6 Å². The van der Waals surface area contributed by atoms with Gasteiger partial charge in [-0.15, -0.1) is 0 Å². The molecule has 33 heavy (non-hydrogen) atoms. The van der Waals surface area contributed by atoms with Gasteiger partial charge in [0.15, 0.2) is 17.7 Å². The Balaban J connectivity index is 1.63. The smallest absolute Gasteiger partial charge is 0.425 e. The van der Waals surface area contributed by atoms with Gasteiger partial charge in [0.05, 0.1) is 22.8 Å². The Bertz CT molecular complexity index is 1260. The van der Waals surface area contributed by atoms with E-state index in [4.69, 9.17) is 16.3 Å². The highest BCUT2D eigenvalue weighted by atomic mass is 35.5. The maximum absolute atomic E-state index is 14.0. The zero-order valence-electron chi connectivity index (χ0n) is 16.9. The zero-order chi connectivity index (χ0) is 23.9. The molecule has 1 aliphatic rings. The summed E-state index contributed by atoms with van der Waals surface area (Å²) in [5.74, 6) is -1.70. The van der Waals surface area contributed by atoms with E-state index in [1.54, 1.807) is 6.07 Å². The second-order valence-corrected chi connectivity index (χ2v) is 7.61. The summed E-state index contributed by atoms with van der Waals surface area (Å²) in [5.41, 5.74) is 0.638. The van der Waals surface area contributed by atoms with Crippen LogP contribution in [0.2, 0.25) is 5.02 Å². The van der Waals surface area contributed by atoms with E-state index in [1.165, 1.54) is 40.2 Å². The molecule has 0 saturated heterocycles. The largest absolute Gasteiger partial charge is 0.480 e. The van der Waals surface area contributed by atoms with Crippen LogP contribution in [-0.4, -0.2) is 37.9 Å². The monoisotopic (exact) mass is 479 g/mol. The fourth-order valence-corrected chi connectivity index (χ4v) is 3.59. The summed E-state index contributed by atoms with van der Waals surface area (Å²) in [5, 5.41) is 13.2. The molecule has 4 rings (SSSR count). The lowest BCUT2D eigenvalue weighted by Crippen LogP contribution is -2.33. The number of nitriles is 1. The van der Waals surface area contributed by atoms with E-state index in [9.17, 15) is 27.6 Å². The summed E-state index contributed by atoms with van der Waals surface area (Å²) in [6.45, 7) is 0.840. The predicted octanol–water partition coefficient (Wildman–Crippen LogP) is 4.42. The van der Waals surface area contributed by atoms with Gasteiger partial charge < -0.3 is 9.64 Å². The third-order valence-electron chi connectivity index (χ3n) is 5.03. The summed E-state index contributed by atoms with van der Waals surface area (Å²) in [6.07, 6.45) is -3.95. The molecule has 0 saturated carbocycles. The number of halogens is 5. The van der Waals surface area contributed by atoms with Crippen molar-refractivity contribution in [2.24, 2.45) is 0 Å². The molecule has 170 valence electrons. The Hall–Kier alpha value is -3.65. The van der Waals surface area contributed by atoms with Gasteiger partial charge in [-0.3, -0.25) is 4.79 Å². The van der Waals surface area contributed by atoms with Crippen molar-refractivity contribution in [1.29, 1.82) is 5.26 Å². The molecule has 7 nitrogen and oxygen atoms in total. The maximum Gasteiger partial charge on any atom is 0.425 e. The van der Waals surface area contributed by atoms with E-state index in [0.29, 0.717) is 11.3 Å². The molecule has 1 aromatic carbocycles. The summed E-state index contributed by atoms with van der Waals surface area (Å²) in [7, 11) is 0. The number of hydrogen-bond donors (Lipinski definition) is 0. The van der Waals surface area contributed by atoms with Crippen LogP contribution in [0.1, 0.15) is 34.1 Å². The Labute approximate surface area is 189 Å². The van der Waals surface area contributed by atoms with Crippen LogP contribution in [0.3, 0.4) is 0 Å². The first-order valence-electron chi connectivity index (χ1n) is 9.53. The maximum atomic E-state index is 14.0. The lowest BCUT2D eigenvalue weighted by molar-refractivity contribution is -0.189. The average molecular weight is 480 g/mol. The summed E-state index contributed by atoms with van der Waals surface area (Å²) < 4.78 is 59.3. The van der Waals surface area contributed by atoms with Crippen LogP contribution >= 0.6 is 11.6 Å². The third kappa shape index (κ3) is 4.21. The van der Waals surface area contributed by atoms with Crippen LogP contribution in [-0.2, 0) is 13.1 Å². The molecule has 0 N–H and O–H groups in total. The first-order chi connectivity index (χ1) is 15.6. The second kappa shape index (κ2) is 8.37. The van der Waals surface area contributed by atoms with Crippen LogP contribution in [0.25, 0.3) is 5.82 Å². The molecule has 0 radical (unpaired) electrons. The third-order valence-corrected chi connectivity index (χ3v) is 5.42. The number of carbonyl (C=O) groups is 1. The lowest BCUT2D eigenvalue weighted by Gasteiger charge is -2.23. The van der Waals surface area contributed by atoms with E-state index in [2.05, 4.69) is 10.1 Å². The van der Waals surface area contributed by atoms with Crippen molar-refractivity contribution < 1.29 is 27.1 Å². The number of hydrogen-bond acceptors (Lipinski definition) is 5. The standard InChI is InChI=1S/C21H14ClF4N5O2/c1-11(21(24,25)26)33-16-5-4-12(7-27)18(22)17(16)20(32)30-8-13-9-31(29-15(13)10-30)19-14(23)3-2-6-28-19/h2-6,9,11H,8,10H2,1H3/t11-/m0/s1. The Morgan fingerprint density at radius 3 is 2.70 bits per heavy atom. The summed E-state index contributed by atoms with van der Waals surface area (Å²) >= 11 is 6.19. The van der Waals surface area contributed by atoms with Gasteiger partial charge in [-0.25, -0.2) is 14.1 Å². The molecule has 3 heterocycles. The van der Waals surface area contributed by atoms with Gasteiger partial charge in [-0.05, 0) is 31.2 Å². The van der Waals surface area contributed by atoms with Crippen molar-refractivity contribution in [1.82, 2.24) is 19.7 Å². The first-order valence-corrected chi connectivity index (χ1v) is 9.91. The second-order valence-electron chi connectivity index (χ2n) is 7.23. The normalized spacial score (nSPS) is 14.0. The topological polar surface area (TPSA) is 84.0 Å². The van der Waals surface area contributed by atoms with Gasteiger partial charge in [-0.1, -0.05) is 11.6 Å². The predicted molar refractivity (Wildman–Crippen MR) is 107 cm³/mol. The molecule has 0 spiro atoms. The van der Waals surface area contributed by atoms with Crippen molar-refractivity contribution in [3.63, 3.8) is 0 Å². The molecule has 1 aliphatic heterocycles. The number of pyridine rings is 1. The molecule has 0 bridgehead atoms. The molecular formula is C21H14ClF4N5O2. The fourth-order valence-electron chi connectivity index (χ4n) is 3.31. The van der Waals surface area contributed by atoms with Crippen LogP contribution in [0.15, 0.2) is 36.7 Å². The van der Waals surface area contributed by atoms with E-state index in [0.717, 1.165) is 13.0 Å². The molecule has 1 atom stereocenters. The van der Waals surface area contributed by atoms with E-state index in [1.807, 2.05) is 0 Å². The van der Waals surface area contributed by atoms with Crippen LogP contribution in [0.5, 0.6) is 5.75 Å². The minimum atomic E-state index is -4.67. The average Bonchev–Trinajstić information content (AvgIpc) is 3.32. The number of nitrogens with zero attached hydrogens (tertiary/aromatic N) is 5. The number of alkyl halides is 3. The minimum absolute atomic E-state index is 0.00298. The SMILES string of the molecule is C[C@H](Oc1ccc(C#N)c(Cl)c1C(=O)N1Cc2cn(-c3ncccc3F)nc2C1)C(F)(F)F. The highest BCUT2D eigenvalue weighted by Crippen LogP contribution is 2.36. The molecule has 0 unspecified atom stereocenters.